The molecular formula is C38H54N8O10. The molecule has 0 aliphatic heterocycles. The number of phenols is 1. The highest BCUT2D eigenvalue weighted by Gasteiger charge is 2.34. The summed E-state index contributed by atoms with van der Waals surface area (Å²) in [6.07, 6.45) is -0.877. The lowest BCUT2D eigenvalue weighted by atomic mass is 9.99. The largest absolute Gasteiger partial charge is 0.508 e. The average molecular weight is 783 g/mol. The van der Waals surface area contributed by atoms with Crippen LogP contribution in [0, 0.1) is 11.8 Å². The van der Waals surface area contributed by atoms with Gasteiger partial charge in [0, 0.05) is 12.8 Å². The van der Waals surface area contributed by atoms with Crippen LogP contribution < -0.4 is 43.4 Å². The van der Waals surface area contributed by atoms with Gasteiger partial charge >= 0.3 is 5.97 Å². The summed E-state index contributed by atoms with van der Waals surface area (Å²) in [6, 6.07) is 7.34. The summed E-state index contributed by atoms with van der Waals surface area (Å²) in [4.78, 5) is 103. The molecule has 0 aliphatic carbocycles. The third kappa shape index (κ3) is 15.7. The Bertz CT molecular complexity index is 1690. The highest BCUT2D eigenvalue weighted by Crippen LogP contribution is 2.12. The van der Waals surface area contributed by atoms with Gasteiger partial charge in [-0.15, -0.1) is 0 Å². The van der Waals surface area contributed by atoms with Crippen LogP contribution in [0.5, 0.6) is 5.75 Å². The van der Waals surface area contributed by atoms with E-state index >= 15 is 0 Å². The van der Waals surface area contributed by atoms with Crippen LogP contribution in [0.4, 0.5) is 0 Å². The fourth-order valence-corrected chi connectivity index (χ4v) is 5.38. The first-order chi connectivity index (χ1) is 26.3. The van der Waals surface area contributed by atoms with Crippen molar-refractivity contribution in [2.24, 2.45) is 23.3 Å². The van der Waals surface area contributed by atoms with E-state index in [-0.39, 0.29) is 25.0 Å². The fourth-order valence-electron chi connectivity index (χ4n) is 5.38. The summed E-state index contributed by atoms with van der Waals surface area (Å²) in [5.41, 5.74) is 12.5. The van der Waals surface area contributed by atoms with Gasteiger partial charge < -0.3 is 53.6 Å². The molecule has 56 heavy (non-hydrogen) atoms. The standard InChI is InChI=1S/C38H54N8O10/c1-20(2)31(37(55)41-19-29(40)48)46-38(56)32(21(3)4)45-35(53)27(15-16-30(49)50)43-36(54)28(18-23-9-7-6-8-10-23)44-33(51)22(5)42-34(52)26(39)17-24-11-13-25(47)14-12-24/h6-14,20-22,26-28,31-32,47H,15-19,39H2,1-5H3,(H2,40,48)(H,41,55)(H,42,52)(H,43,54)(H,44,51)(H,45,53)(H,46,56)(H,49,50)/t22-,26+,27+,28+,31-,32-/m0/s1. The molecule has 0 aromatic heterocycles. The summed E-state index contributed by atoms with van der Waals surface area (Å²) >= 11 is 0. The van der Waals surface area contributed by atoms with E-state index in [4.69, 9.17) is 11.5 Å². The Morgan fingerprint density at radius 1 is 0.607 bits per heavy atom. The molecule has 2 aromatic rings. The molecule has 0 fully saturated rings. The second-order valence-electron chi connectivity index (χ2n) is 14.1. The second kappa shape index (κ2) is 22.4. The van der Waals surface area contributed by atoms with Gasteiger partial charge in [-0.25, -0.2) is 0 Å². The van der Waals surface area contributed by atoms with E-state index in [1.807, 2.05) is 0 Å². The smallest absolute Gasteiger partial charge is 0.303 e. The number of hydrogen-bond acceptors (Lipinski definition) is 10. The molecule has 0 heterocycles. The maximum absolute atomic E-state index is 13.8. The zero-order valence-corrected chi connectivity index (χ0v) is 32.2. The summed E-state index contributed by atoms with van der Waals surface area (Å²) in [5, 5.41) is 34.0. The molecule has 2 aromatic carbocycles. The molecule has 0 aliphatic rings. The van der Waals surface area contributed by atoms with Crippen molar-refractivity contribution in [3.8, 4) is 5.75 Å². The number of carbonyl (C=O) groups excluding carboxylic acids is 7. The highest BCUT2D eigenvalue weighted by molar-refractivity contribution is 5.97. The SMILES string of the molecule is CC(C)[C@H](NC(=O)[C@@H](NC(=O)[C@@H](CCC(=O)O)NC(=O)[C@@H](Cc1ccccc1)NC(=O)[C@H](C)NC(=O)[C@H](N)Cc1ccc(O)cc1)C(C)C)C(=O)NCC(N)=O. The van der Waals surface area contributed by atoms with E-state index in [1.54, 1.807) is 70.2 Å². The van der Waals surface area contributed by atoms with Gasteiger partial charge in [0.25, 0.3) is 0 Å². The van der Waals surface area contributed by atoms with Gasteiger partial charge in [-0.2, -0.15) is 0 Å². The first kappa shape index (κ1) is 46.1. The number of nitrogens with two attached hydrogens (primary N) is 2. The number of carboxylic acids is 1. The quantitative estimate of drug-likeness (QED) is 0.0672. The number of hydrogen-bond donors (Lipinski definition) is 10. The average Bonchev–Trinajstić information content (AvgIpc) is 3.13. The van der Waals surface area contributed by atoms with E-state index in [0.717, 1.165) is 0 Å². The van der Waals surface area contributed by atoms with Crippen molar-refractivity contribution >= 4 is 47.3 Å². The van der Waals surface area contributed by atoms with Gasteiger partial charge in [0.05, 0.1) is 12.6 Å². The third-order valence-corrected chi connectivity index (χ3v) is 8.61. The van der Waals surface area contributed by atoms with E-state index in [2.05, 4.69) is 31.9 Å². The lowest BCUT2D eigenvalue weighted by molar-refractivity contribution is -0.139. The zero-order chi connectivity index (χ0) is 42.1. The fraction of sp³-hybridized carbons (Fsp3) is 0.474. The van der Waals surface area contributed by atoms with E-state index in [0.29, 0.717) is 11.1 Å². The monoisotopic (exact) mass is 782 g/mol. The summed E-state index contributed by atoms with van der Waals surface area (Å²) < 4.78 is 0. The van der Waals surface area contributed by atoms with Gasteiger partial charge in [-0.05, 0) is 54.9 Å². The Kier molecular flexibility index (Phi) is 18.4. The molecule has 7 amide bonds. The zero-order valence-electron chi connectivity index (χ0n) is 32.2. The first-order valence-electron chi connectivity index (χ1n) is 18.2. The molecule has 2 rings (SSSR count). The van der Waals surface area contributed by atoms with Crippen molar-refractivity contribution in [3.63, 3.8) is 0 Å². The number of aliphatic carboxylic acids is 1. The number of benzene rings is 2. The van der Waals surface area contributed by atoms with Crippen LogP contribution in [0.25, 0.3) is 0 Å². The number of aromatic hydroxyl groups is 1. The van der Waals surface area contributed by atoms with Crippen LogP contribution in [0.1, 0.15) is 58.6 Å². The number of amides is 7. The predicted molar refractivity (Wildman–Crippen MR) is 204 cm³/mol. The van der Waals surface area contributed by atoms with Gasteiger partial charge in [0.1, 0.15) is 36.0 Å². The molecule has 0 radical (unpaired) electrons. The minimum Gasteiger partial charge on any atom is -0.508 e. The van der Waals surface area contributed by atoms with Crippen molar-refractivity contribution in [2.75, 3.05) is 6.54 Å². The minimum atomic E-state index is -1.49. The van der Waals surface area contributed by atoms with Crippen molar-refractivity contribution in [1.29, 1.82) is 0 Å². The summed E-state index contributed by atoms with van der Waals surface area (Å²) in [7, 11) is 0. The van der Waals surface area contributed by atoms with Crippen molar-refractivity contribution in [2.45, 2.75) is 96.6 Å². The van der Waals surface area contributed by atoms with Crippen LogP contribution in [-0.4, -0.2) is 100 Å². The lowest BCUT2D eigenvalue weighted by Gasteiger charge is -2.29. The van der Waals surface area contributed by atoms with Crippen LogP contribution in [0.15, 0.2) is 54.6 Å². The molecule has 0 bridgehead atoms. The number of phenolic OH excluding ortho intramolecular Hbond substituents is 1. The molecular weight excluding hydrogens is 728 g/mol. The third-order valence-electron chi connectivity index (χ3n) is 8.61. The second-order valence-corrected chi connectivity index (χ2v) is 14.1. The molecule has 0 unspecified atom stereocenters. The molecule has 12 N–H and O–H groups in total. The van der Waals surface area contributed by atoms with Crippen LogP contribution >= 0.6 is 0 Å². The van der Waals surface area contributed by atoms with Crippen LogP contribution in [-0.2, 0) is 51.2 Å². The van der Waals surface area contributed by atoms with Gasteiger partial charge in [-0.1, -0.05) is 70.2 Å². The van der Waals surface area contributed by atoms with Crippen LogP contribution in [0.3, 0.4) is 0 Å². The number of rotatable bonds is 22. The number of primary amides is 1. The molecule has 18 nitrogen and oxygen atoms in total. The van der Waals surface area contributed by atoms with Gasteiger partial charge in [0.15, 0.2) is 0 Å². The predicted octanol–water partition coefficient (Wildman–Crippen LogP) is -1.27. The molecule has 0 saturated carbocycles. The van der Waals surface area contributed by atoms with E-state index < -0.39 is 108 Å². The first-order valence-corrected chi connectivity index (χ1v) is 18.2. The molecule has 0 saturated heterocycles. The number of carboxylic acid groups (broad SMARTS) is 1. The van der Waals surface area contributed by atoms with Gasteiger partial charge in [0.2, 0.25) is 41.4 Å². The Morgan fingerprint density at radius 2 is 1.12 bits per heavy atom. The lowest BCUT2D eigenvalue weighted by Crippen LogP contribution is -2.61. The van der Waals surface area contributed by atoms with Crippen molar-refractivity contribution < 1.29 is 48.6 Å². The summed E-state index contributed by atoms with van der Waals surface area (Å²) in [6.45, 7) is 7.50. The molecule has 0 spiro atoms. The highest BCUT2D eigenvalue weighted by atomic mass is 16.4. The molecule has 6 atom stereocenters. The minimum absolute atomic E-state index is 0.0464. The van der Waals surface area contributed by atoms with Gasteiger partial charge in [-0.3, -0.25) is 38.4 Å². The van der Waals surface area contributed by atoms with E-state index in [1.165, 1.54) is 19.1 Å². The number of carbonyl (C=O) groups is 8. The topological polar surface area (TPSA) is 301 Å². The van der Waals surface area contributed by atoms with E-state index in [9.17, 15) is 48.6 Å². The Balaban J connectivity index is 2.26. The van der Waals surface area contributed by atoms with Crippen LogP contribution in [0.2, 0.25) is 0 Å². The Labute approximate surface area is 325 Å². The van der Waals surface area contributed by atoms with Crippen molar-refractivity contribution in [3.05, 3.63) is 65.7 Å². The maximum atomic E-state index is 13.8. The van der Waals surface area contributed by atoms with Crippen molar-refractivity contribution in [1.82, 2.24) is 31.9 Å². The maximum Gasteiger partial charge on any atom is 0.303 e. The molecule has 18 heteroatoms. The molecule has 306 valence electrons. The number of nitrogens with one attached hydrogen (secondary N) is 6. The Hall–Kier alpha value is -6.04. The normalized spacial score (nSPS) is 14.2. The summed E-state index contributed by atoms with van der Waals surface area (Å²) in [5.74, 6) is -7.58. The Morgan fingerprint density at radius 3 is 1.68 bits per heavy atom.